The first-order valence-corrected chi connectivity index (χ1v) is 7.48. The van der Waals surface area contributed by atoms with Gasteiger partial charge in [-0.15, -0.1) is 0 Å². The largest absolute Gasteiger partial charge is 0.339 e. The van der Waals surface area contributed by atoms with Gasteiger partial charge in [0.2, 0.25) is 0 Å². The molecule has 2 aromatic rings. The lowest BCUT2D eigenvalue weighted by Gasteiger charge is -2.27. The van der Waals surface area contributed by atoms with Gasteiger partial charge >= 0.3 is 24.2 Å². The summed E-state index contributed by atoms with van der Waals surface area (Å²) >= 11 is 0. The van der Waals surface area contributed by atoms with Crippen LogP contribution in [0.2, 0.25) is 0 Å². The number of nitriles is 1. The van der Waals surface area contributed by atoms with Crippen LogP contribution in [0.3, 0.4) is 0 Å². The van der Waals surface area contributed by atoms with Crippen LogP contribution in [-0.4, -0.2) is 11.3 Å². The zero-order valence-corrected chi connectivity index (χ0v) is 13.9. The topological polar surface area (TPSA) is 66.9 Å². The fraction of sp³-hybridized carbons (Fsp3) is 0.235. The molecule has 0 N–H and O–H groups in total. The van der Waals surface area contributed by atoms with Gasteiger partial charge in [-0.05, 0) is 6.07 Å². The predicted octanol–water partition coefficient (Wildman–Crippen LogP) is 5.71. The zero-order valence-electron chi connectivity index (χ0n) is 13.9. The van der Waals surface area contributed by atoms with E-state index in [9.17, 15) is 45.2 Å². The van der Waals surface area contributed by atoms with E-state index in [2.05, 4.69) is 0 Å². The van der Waals surface area contributed by atoms with Crippen molar-refractivity contribution in [2.24, 2.45) is 0 Å². The van der Waals surface area contributed by atoms with Gasteiger partial charge in [0.1, 0.15) is 11.6 Å². The molecule has 29 heavy (non-hydrogen) atoms. The summed E-state index contributed by atoms with van der Waals surface area (Å²) in [5, 5.41) is 19.6. The zero-order chi connectivity index (χ0) is 22.2. The van der Waals surface area contributed by atoms with Gasteiger partial charge in [0.15, 0.2) is 0 Å². The Morgan fingerprint density at radius 3 is 1.76 bits per heavy atom. The van der Waals surface area contributed by atoms with Crippen LogP contribution < -0.4 is 0 Å². The second-order valence-electron chi connectivity index (χ2n) is 5.75. The van der Waals surface area contributed by atoms with Crippen LogP contribution in [0, 0.1) is 21.4 Å². The normalized spacial score (nSPS) is 12.7. The van der Waals surface area contributed by atoms with Crippen LogP contribution >= 0.6 is 0 Å². The third-order valence-electron chi connectivity index (χ3n) is 3.98. The molecule has 0 saturated carbocycles. The van der Waals surface area contributed by atoms with E-state index >= 15 is 0 Å². The highest BCUT2D eigenvalue weighted by atomic mass is 19.3. The molecule has 0 radical (unpaired) electrons. The molecule has 0 aliphatic rings. The number of nitro groups is 1. The highest BCUT2D eigenvalue weighted by Gasteiger charge is 2.59. The minimum absolute atomic E-state index is 0.103. The van der Waals surface area contributed by atoms with Gasteiger partial charge in [-0.3, -0.25) is 10.1 Å². The summed E-state index contributed by atoms with van der Waals surface area (Å²) in [5.41, 5.74) is -6.12. The van der Waals surface area contributed by atoms with Crippen molar-refractivity contribution in [2.75, 3.05) is 0 Å². The standard InChI is InChI=1S/C17H8F8N2O2/c18-14(19)15(20,21)10-3-5-11(6-4-10)16(22,23)17(24,25)12-2-1-9(8-26)13(7-12)27(28)29/h1-7,14H. The second-order valence-corrected chi connectivity index (χ2v) is 5.75. The maximum atomic E-state index is 14.4. The van der Waals surface area contributed by atoms with Crippen molar-refractivity contribution < 1.29 is 40.0 Å². The molecule has 0 heterocycles. The quantitative estimate of drug-likeness (QED) is 0.339. The van der Waals surface area contributed by atoms with Crippen LogP contribution in [0.4, 0.5) is 40.8 Å². The summed E-state index contributed by atoms with van der Waals surface area (Å²) in [6.45, 7) is 0. The van der Waals surface area contributed by atoms with E-state index in [0.717, 1.165) is 0 Å². The summed E-state index contributed by atoms with van der Waals surface area (Å²) < 4.78 is 109. The lowest BCUT2D eigenvalue weighted by molar-refractivity contribution is -0.385. The molecule has 0 aliphatic carbocycles. The van der Waals surface area contributed by atoms with Crippen LogP contribution in [0.25, 0.3) is 0 Å². The Balaban J connectivity index is 2.50. The number of halogens is 8. The van der Waals surface area contributed by atoms with Gasteiger partial charge in [-0.2, -0.15) is 31.6 Å². The Labute approximate surface area is 157 Å². The van der Waals surface area contributed by atoms with E-state index in [0.29, 0.717) is 12.1 Å². The second kappa shape index (κ2) is 7.31. The van der Waals surface area contributed by atoms with Gasteiger partial charge in [-0.1, -0.05) is 30.3 Å². The van der Waals surface area contributed by atoms with Crippen molar-refractivity contribution in [3.05, 3.63) is 74.8 Å². The molecule has 0 spiro atoms. The molecule has 0 amide bonds. The fourth-order valence-electron chi connectivity index (χ4n) is 2.36. The van der Waals surface area contributed by atoms with E-state index < -0.39 is 57.1 Å². The van der Waals surface area contributed by atoms with Gasteiger partial charge in [0.25, 0.3) is 5.69 Å². The smallest absolute Gasteiger partial charge is 0.258 e. The average molecular weight is 424 g/mol. The van der Waals surface area contributed by atoms with Gasteiger partial charge in [0, 0.05) is 22.8 Å². The van der Waals surface area contributed by atoms with Crippen molar-refractivity contribution in [3.63, 3.8) is 0 Å². The maximum Gasteiger partial charge on any atom is 0.339 e. The molecule has 2 aromatic carbocycles. The Bertz CT molecular complexity index is 968. The fourth-order valence-corrected chi connectivity index (χ4v) is 2.36. The number of rotatable bonds is 6. The van der Waals surface area contributed by atoms with E-state index in [1.807, 2.05) is 0 Å². The minimum Gasteiger partial charge on any atom is -0.258 e. The Hall–Kier alpha value is -3.23. The molecule has 4 nitrogen and oxygen atoms in total. The molecule has 0 unspecified atom stereocenters. The lowest BCUT2D eigenvalue weighted by Crippen LogP contribution is -2.36. The van der Waals surface area contributed by atoms with E-state index in [4.69, 9.17) is 5.26 Å². The number of nitro benzene ring substituents is 1. The maximum absolute atomic E-state index is 14.4. The molecule has 0 bridgehead atoms. The lowest BCUT2D eigenvalue weighted by atomic mass is 9.93. The summed E-state index contributed by atoms with van der Waals surface area (Å²) in [5.74, 6) is -14.8. The molecule has 0 saturated heterocycles. The summed E-state index contributed by atoms with van der Waals surface area (Å²) in [6.07, 6.45) is -4.14. The third kappa shape index (κ3) is 3.72. The minimum atomic E-state index is -5.06. The SMILES string of the molecule is N#Cc1ccc(C(F)(F)C(F)(F)c2ccc(C(F)(F)C(F)F)cc2)cc1[N+](=O)[O-]. The van der Waals surface area contributed by atoms with Crippen LogP contribution in [-0.2, 0) is 17.8 Å². The van der Waals surface area contributed by atoms with Crippen molar-refractivity contribution in [1.29, 1.82) is 5.26 Å². The van der Waals surface area contributed by atoms with E-state index in [1.165, 1.54) is 6.07 Å². The summed E-state index contributed by atoms with van der Waals surface area (Å²) in [4.78, 5) is 9.64. The number of hydrogen-bond acceptors (Lipinski definition) is 3. The molecular formula is C17H8F8N2O2. The first-order valence-electron chi connectivity index (χ1n) is 7.48. The number of nitrogens with zero attached hydrogens (tertiary/aromatic N) is 2. The summed E-state index contributed by atoms with van der Waals surface area (Å²) in [6, 6.07) is 2.99. The van der Waals surface area contributed by atoms with Crippen molar-refractivity contribution in [3.8, 4) is 6.07 Å². The van der Waals surface area contributed by atoms with E-state index in [1.54, 1.807) is 0 Å². The van der Waals surface area contributed by atoms with Crippen molar-refractivity contribution in [1.82, 2.24) is 0 Å². The van der Waals surface area contributed by atoms with Gasteiger partial charge < -0.3 is 0 Å². The van der Waals surface area contributed by atoms with Gasteiger partial charge in [0.05, 0.1) is 4.92 Å². The number of hydrogen-bond donors (Lipinski definition) is 0. The van der Waals surface area contributed by atoms with Crippen LogP contribution in [0.1, 0.15) is 22.3 Å². The molecule has 2 rings (SSSR count). The third-order valence-corrected chi connectivity index (χ3v) is 3.98. The van der Waals surface area contributed by atoms with Crippen LogP contribution in [0.5, 0.6) is 0 Å². The summed E-state index contributed by atoms with van der Waals surface area (Å²) in [7, 11) is 0. The first-order chi connectivity index (χ1) is 13.3. The Kier molecular flexibility index (Phi) is 5.56. The predicted molar refractivity (Wildman–Crippen MR) is 81.9 cm³/mol. The Morgan fingerprint density at radius 2 is 1.31 bits per heavy atom. The average Bonchev–Trinajstić information content (AvgIpc) is 2.67. The highest BCUT2D eigenvalue weighted by Crippen LogP contribution is 2.50. The number of alkyl halides is 8. The van der Waals surface area contributed by atoms with Crippen LogP contribution in [0.15, 0.2) is 42.5 Å². The molecule has 0 atom stereocenters. The molecular weight excluding hydrogens is 416 g/mol. The number of benzene rings is 2. The van der Waals surface area contributed by atoms with Gasteiger partial charge in [-0.25, -0.2) is 8.78 Å². The van der Waals surface area contributed by atoms with E-state index in [-0.39, 0.29) is 30.3 Å². The molecule has 154 valence electrons. The molecule has 0 fully saturated rings. The van der Waals surface area contributed by atoms with Crippen molar-refractivity contribution >= 4 is 5.69 Å². The highest BCUT2D eigenvalue weighted by molar-refractivity contribution is 5.51. The molecule has 12 heteroatoms. The monoisotopic (exact) mass is 424 g/mol. The first kappa shape index (κ1) is 22.1. The molecule has 0 aliphatic heterocycles. The Morgan fingerprint density at radius 1 is 0.862 bits per heavy atom. The van der Waals surface area contributed by atoms with Crippen molar-refractivity contribution in [2.45, 2.75) is 24.2 Å². The molecule has 0 aromatic heterocycles.